The molecule has 6 fully saturated rings. The summed E-state index contributed by atoms with van der Waals surface area (Å²) in [5.41, 5.74) is -0.756. The zero-order valence-corrected chi connectivity index (χ0v) is 25.4. The van der Waals surface area contributed by atoms with Gasteiger partial charge in [0.1, 0.15) is 17.3 Å². The number of ether oxygens (including phenoxy) is 5. The molecule has 0 aromatic rings. The minimum Gasteiger partial charge on any atom is -0.462 e. The van der Waals surface area contributed by atoms with E-state index in [1.165, 1.54) is 6.92 Å². The van der Waals surface area contributed by atoms with Crippen molar-refractivity contribution in [3.8, 4) is 0 Å². The third-order valence-corrected chi connectivity index (χ3v) is 10.6. The van der Waals surface area contributed by atoms with Crippen molar-refractivity contribution < 1.29 is 43.2 Å². The fourth-order valence-electron chi connectivity index (χ4n) is 8.16. The molecule has 5 aliphatic heterocycles. The van der Waals surface area contributed by atoms with Gasteiger partial charge >= 0.3 is 11.9 Å². The quantitative estimate of drug-likeness (QED) is 0.277. The molecule has 6 rings (SSSR count). The Morgan fingerprint density at radius 3 is 2.44 bits per heavy atom. The molecule has 1 spiro atoms. The van der Waals surface area contributed by atoms with Crippen LogP contribution in [0.25, 0.3) is 0 Å². The molecular weight excluding hydrogens is 528 g/mol. The van der Waals surface area contributed by atoms with Crippen LogP contribution in [0.5, 0.6) is 0 Å². The Morgan fingerprint density at radius 1 is 1.12 bits per heavy atom. The van der Waals surface area contributed by atoms with Gasteiger partial charge in [-0.1, -0.05) is 26.0 Å². The van der Waals surface area contributed by atoms with Gasteiger partial charge in [-0.2, -0.15) is 0 Å². The van der Waals surface area contributed by atoms with E-state index >= 15 is 0 Å². The van der Waals surface area contributed by atoms with Crippen LogP contribution < -0.4 is 0 Å². The number of esters is 2. The summed E-state index contributed by atoms with van der Waals surface area (Å²) in [4.78, 5) is 37.0. The second-order valence-electron chi connectivity index (χ2n) is 14.1. The van der Waals surface area contributed by atoms with E-state index in [0.717, 1.165) is 37.7 Å². The van der Waals surface area contributed by atoms with Gasteiger partial charge in [-0.05, 0) is 76.2 Å². The first-order valence-electron chi connectivity index (χ1n) is 15.1. The topological polar surface area (TPSA) is 118 Å². The summed E-state index contributed by atoms with van der Waals surface area (Å²) in [6.45, 7) is 16.2. The van der Waals surface area contributed by atoms with E-state index in [2.05, 4.69) is 20.4 Å². The van der Waals surface area contributed by atoms with E-state index in [9.17, 15) is 19.5 Å². The van der Waals surface area contributed by atoms with Crippen LogP contribution in [-0.4, -0.2) is 64.9 Å². The number of ketones is 1. The van der Waals surface area contributed by atoms with Crippen molar-refractivity contribution in [2.75, 3.05) is 13.2 Å². The van der Waals surface area contributed by atoms with Crippen molar-refractivity contribution >= 4 is 17.7 Å². The molecule has 0 aromatic heterocycles. The van der Waals surface area contributed by atoms with Crippen molar-refractivity contribution in [2.45, 2.75) is 122 Å². The lowest BCUT2D eigenvalue weighted by atomic mass is 9.57. The standard InChI is InChI=1S/C32H46O9/c1-19-8-10-23(28(3,4)26(19)24(39-20(2)33)16-22-13-15-37-27(22)35)11-9-21-12-14-31(38-18-21)30(7)17-25(34)32(36,41-31)29(5,6)40-30/h16,21,23-24,26,36H,1,8-15,17-18H2,2-7H3/b22-16-/t21-,23+,24+,26-,30+,31+,32+/m1/s1. The van der Waals surface area contributed by atoms with Crippen LogP contribution in [0.15, 0.2) is 23.8 Å². The minimum atomic E-state index is -2.02. The SMILES string of the molecule is C=C1CC[C@@H](CC[C@@H]2CC[C@]3(OC2)O[C@@]2(O)C(=O)C[C@]3(C)OC2(C)C)C(C)(C)[C@H]1[C@H](/C=C1/CCOC1=O)OC(C)=O. The van der Waals surface area contributed by atoms with Crippen LogP contribution in [0.3, 0.4) is 0 Å². The van der Waals surface area contributed by atoms with E-state index in [-0.39, 0.29) is 35.5 Å². The van der Waals surface area contributed by atoms with E-state index in [1.54, 1.807) is 19.9 Å². The molecule has 0 amide bonds. The normalized spacial score (nSPS) is 41.5. The number of hydrogen-bond acceptors (Lipinski definition) is 9. The highest BCUT2D eigenvalue weighted by Crippen LogP contribution is 2.58. The van der Waals surface area contributed by atoms with Gasteiger partial charge in [-0.15, -0.1) is 0 Å². The maximum Gasteiger partial charge on any atom is 0.333 e. The summed E-state index contributed by atoms with van der Waals surface area (Å²) in [6, 6.07) is 0. The molecule has 1 N–H and O–H groups in total. The number of carbonyl (C=O) groups excluding carboxylic acids is 3. The van der Waals surface area contributed by atoms with Gasteiger partial charge in [-0.3, -0.25) is 9.59 Å². The second-order valence-corrected chi connectivity index (χ2v) is 14.1. The number of Topliss-reactive ketones (excluding diaryl/α,β-unsaturated/α-hetero) is 1. The van der Waals surface area contributed by atoms with Crippen LogP contribution in [0.4, 0.5) is 0 Å². The fourth-order valence-corrected chi connectivity index (χ4v) is 8.16. The molecule has 9 nitrogen and oxygen atoms in total. The first kappa shape index (κ1) is 30.4. The van der Waals surface area contributed by atoms with Crippen LogP contribution in [0.2, 0.25) is 0 Å². The third kappa shape index (κ3) is 5.00. The first-order chi connectivity index (χ1) is 19.0. The number of hydrogen-bond donors (Lipinski definition) is 1. The largest absolute Gasteiger partial charge is 0.462 e. The second kappa shape index (κ2) is 10.3. The Labute approximate surface area is 242 Å². The van der Waals surface area contributed by atoms with Crippen molar-refractivity contribution in [1.82, 2.24) is 0 Å². The number of rotatable bonds is 6. The van der Waals surface area contributed by atoms with E-state index in [4.69, 9.17) is 23.7 Å². The summed E-state index contributed by atoms with van der Waals surface area (Å²) in [6.07, 6.45) is 6.87. The Hall–Kier alpha value is -2.07. The van der Waals surface area contributed by atoms with Gasteiger partial charge in [0, 0.05) is 37.7 Å². The zero-order chi connectivity index (χ0) is 30.0. The molecule has 1 aliphatic carbocycles. The van der Waals surface area contributed by atoms with E-state index < -0.39 is 28.9 Å². The summed E-state index contributed by atoms with van der Waals surface area (Å²) in [7, 11) is 0. The number of aliphatic hydroxyl groups is 1. The van der Waals surface area contributed by atoms with Gasteiger partial charge in [0.05, 0.1) is 13.2 Å². The van der Waals surface area contributed by atoms with Crippen LogP contribution in [-0.2, 0) is 38.1 Å². The van der Waals surface area contributed by atoms with Crippen LogP contribution >= 0.6 is 0 Å². The summed E-state index contributed by atoms with van der Waals surface area (Å²) in [5, 5.41) is 11.1. The molecule has 0 unspecified atom stereocenters. The fraction of sp³-hybridized carbons (Fsp3) is 0.781. The average Bonchev–Trinajstić information content (AvgIpc) is 3.25. The highest BCUT2D eigenvalue weighted by molar-refractivity contribution is 5.90. The van der Waals surface area contributed by atoms with E-state index in [1.807, 2.05) is 6.92 Å². The summed E-state index contributed by atoms with van der Waals surface area (Å²) < 4.78 is 29.7. The third-order valence-electron chi connectivity index (χ3n) is 10.6. The van der Waals surface area contributed by atoms with E-state index in [0.29, 0.717) is 43.5 Å². The Balaban J connectivity index is 1.25. The minimum absolute atomic E-state index is 0.0521. The molecule has 6 aliphatic rings. The lowest BCUT2D eigenvalue weighted by Crippen LogP contribution is -2.81. The zero-order valence-electron chi connectivity index (χ0n) is 25.4. The molecule has 228 valence electrons. The monoisotopic (exact) mass is 574 g/mol. The number of carbonyl (C=O) groups is 3. The predicted molar refractivity (Wildman–Crippen MR) is 148 cm³/mol. The highest BCUT2D eigenvalue weighted by Gasteiger charge is 2.74. The molecule has 9 heteroatoms. The van der Waals surface area contributed by atoms with Crippen molar-refractivity contribution in [3.63, 3.8) is 0 Å². The summed E-state index contributed by atoms with van der Waals surface area (Å²) in [5.74, 6) is -3.75. The number of cyclic esters (lactones) is 1. The Kier molecular flexibility index (Phi) is 7.62. The van der Waals surface area contributed by atoms with Crippen LogP contribution in [0, 0.1) is 23.2 Å². The predicted octanol–water partition coefficient (Wildman–Crippen LogP) is 4.55. The Bertz CT molecular complexity index is 1140. The highest BCUT2D eigenvalue weighted by atomic mass is 16.8. The summed E-state index contributed by atoms with van der Waals surface area (Å²) >= 11 is 0. The van der Waals surface area contributed by atoms with Gasteiger partial charge in [0.2, 0.25) is 5.79 Å². The lowest BCUT2D eigenvalue weighted by molar-refractivity contribution is -0.496. The Morgan fingerprint density at radius 2 is 1.85 bits per heavy atom. The van der Waals surface area contributed by atoms with Gasteiger partial charge in [0.25, 0.3) is 5.79 Å². The molecule has 7 atom stereocenters. The first-order valence-corrected chi connectivity index (χ1v) is 15.1. The van der Waals surface area contributed by atoms with Crippen molar-refractivity contribution in [1.29, 1.82) is 0 Å². The molecule has 5 saturated heterocycles. The van der Waals surface area contributed by atoms with Gasteiger partial charge in [-0.25, -0.2) is 4.79 Å². The smallest absolute Gasteiger partial charge is 0.333 e. The molecule has 2 bridgehead atoms. The molecule has 41 heavy (non-hydrogen) atoms. The number of fused-ring (bicyclic) bond motifs is 2. The van der Waals surface area contributed by atoms with Crippen molar-refractivity contribution in [2.24, 2.45) is 23.2 Å². The molecular formula is C32H46O9. The maximum atomic E-state index is 12.7. The van der Waals surface area contributed by atoms with Crippen molar-refractivity contribution in [3.05, 3.63) is 23.8 Å². The maximum absolute atomic E-state index is 12.7. The molecule has 1 saturated carbocycles. The molecule has 0 radical (unpaired) electrons. The van der Waals surface area contributed by atoms with Gasteiger partial charge in [0.15, 0.2) is 5.78 Å². The van der Waals surface area contributed by atoms with Crippen LogP contribution in [0.1, 0.15) is 92.9 Å². The molecule has 0 aromatic carbocycles. The molecule has 5 heterocycles. The lowest BCUT2D eigenvalue weighted by Gasteiger charge is -2.65. The van der Waals surface area contributed by atoms with Gasteiger partial charge < -0.3 is 28.8 Å². The average molecular weight is 575 g/mol.